The highest BCUT2D eigenvalue weighted by atomic mass is 32.2. The zero-order chi connectivity index (χ0) is 10.3. The van der Waals surface area contributed by atoms with Crippen molar-refractivity contribution < 1.29 is 9.00 Å². The largest absolute Gasteiger partial charge is 0.294 e. The summed E-state index contributed by atoms with van der Waals surface area (Å²) in [4.78, 5) is 12.6. The molecule has 1 atom stereocenters. The zero-order valence-electron chi connectivity index (χ0n) is 8.24. The van der Waals surface area contributed by atoms with Crippen molar-refractivity contribution >= 4 is 16.6 Å². The third kappa shape index (κ3) is 1.32. The molecule has 0 fully saturated rings. The van der Waals surface area contributed by atoms with Crippen molar-refractivity contribution in [2.75, 3.05) is 5.75 Å². The molecule has 0 aliphatic carbocycles. The van der Waals surface area contributed by atoms with E-state index in [1.807, 2.05) is 26.0 Å². The van der Waals surface area contributed by atoms with Gasteiger partial charge >= 0.3 is 0 Å². The van der Waals surface area contributed by atoms with Gasteiger partial charge in [-0.25, -0.2) is 0 Å². The van der Waals surface area contributed by atoms with E-state index in [-0.39, 0.29) is 5.78 Å². The molecule has 0 spiro atoms. The van der Waals surface area contributed by atoms with Crippen molar-refractivity contribution in [3.63, 3.8) is 0 Å². The van der Waals surface area contributed by atoms with Gasteiger partial charge in [0.05, 0.1) is 10.8 Å². The van der Waals surface area contributed by atoms with Crippen LogP contribution in [0.4, 0.5) is 0 Å². The molecule has 0 saturated heterocycles. The number of hydrogen-bond donors (Lipinski definition) is 0. The number of ketones is 1. The highest BCUT2D eigenvalue weighted by Gasteiger charge is 2.37. The maximum atomic E-state index is 11.9. The third-order valence-electron chi connectivity index (χ3n) is 2.48. The van der Waals surface area contributed by atoms with Gasteiger partial charge in [0.25, 0.3) is 0 Å². The molecule has 2 nitrogen and oxygen atoms in total. The van der Waals surface area contributed by atoms with Crippen LogP contribution in [0, 0.1) is 5.41 Å². The second-order valence-corrected chi connectivity index (χ2v) is 5.62. The quantitative estimate of drug-likeness (QED) is 0.653. The predicted octanol–water partition coefficient (Wildman–Crippen LogP) is 2.02. The molecule has 74 valence electrons. The average molecular weight is 208 g/mol. The van der Waals surface area contributed by atoms with Gasteiger partial charge in [0.1, 0.15) is 0 Å². The molecule has 1 aliphatic heterocycles. The molecule has 2 rings (SSSR count). The molecule has 14 heavy (non-hydrogen) atoms. The number of Topliss-reactive ketones (excluding diaryl/α,β-unsaturated/α-hetero) is 1. The Morgan fingerprint density at radius 2 is 1.93 bits per heavy atom. The van der Waals surface area contributed by atoms with Gasteiger partial charge in [-0.05, 0) is 6.07 Å². The molecule has 1 aliphatic rings. The zero-order valence-corrected chi connectivity index (χ0v) is 9.06. The average Bonchev–Trinajstić information content (AvgIpc) is 2.14. The predicted molar refractivity (Wildman–Crippen MR) is 55.8 cm³/mol. The molecular weight excluding hydrogens is 196 g/mol. The topological polar surface area (TPSA) is 34.1 Å². The molecule has 0 N–H and O–H groups in total. The Morgan fingerprint density at radius 3 is 2.64 bits per heavy atom. The first-order valence-electron chi connectivity index (χ1n) is 4.54. The monoisotopic (exact) mass is 208 g/mol. The van der Waals surface area contributed by atoms with Crippen molar-refractivity contribution in [3.05, 3.63) is 29.8 Å². The Hall–Kier alpha value is -0.960. The smallest absolute Gasteiger partial charge is 0.170 e. The number of carbonyl (C=O) groups excluding carboxylic acids is 1. The van der Waals surface area contributed by atoms with Crippen molar-refractivity contribution in [2.45, 2.75) is 18.7 Å². The number of carbonyl (C=O) groups is 1. The molecule has 0 amide bonds. The molecule has 0 radical (unpaired) electrons. The van der Waals surface area contributed by atoms with Gasteiger partial charge in [-0.15, -0.1) is 0 Å². The van der Waals surface area contributed by atoms with E-state index in [1.165, 1.54) is 0 Å². The summed E-state index contributed by atoms with van der Waals surface area (Å²) in [5.41, 5.74) is 0.140. The number of hydrogen-bond acceptors (Lipinski definition) is 2. The van der Waals surface area contributed by atoms with Crippen LogP contribution in [0.1, 0.15) is 24.2 Å². The Balaban J connectivity index is 2.63. The van der Waals surface area contributed by atoms with Gasteiger partial charge in [0.15, 0.2) is 5.78 Å². The van der Waals surface area contributed by atoms with Crippen molar-refractivity contribution in [1.29, 1.82) is 0 Å². The first-order chi connectivity index (χ1) is 6.52. The van der Waals surface area contributed by atoms with Gasteiger partial charge in [-0.3, -0.25) is 9.00 Å². The lowest BCUT2D eigenvalue weighted by Crippen LogP contribution is -2.35. The van der Waals surface area contributed by atoms with E-state index in [2.05, 4.69) is 0 Å². The summed E-state index contributed by atoms with van der Waals surface area (Å²) in [6, 6.07) is 7.17. The molecule has 0 unspecified atom stereocenters. The molecular formula is C11H12O2S. The van der Waals surface area contributed by atoms with E-state index < -0.39 is 16.2 Å². The Kier molecular flexibility index (Phi) is 2.07. The fourth-order valence-corrected chi connectivity index (χ4v) is 3.27. The van der Waals surface area contributed by atoms with Gasteiger partial charge in [-0.1, -0.05) is 32.0 Å². The van der Waals surface area contributed by atoms with Crippen LogP contribution in [0.15, 0.2) is 29.2 Å². The summed E-state index contributed by atoms with van der Waals surface area (Å²) in [5, 5.41) is 0. The van der Waals surface area contributed by atoms with Crippen molar-refractivity contribution in [2.24, 2.45) is 5.41 Å². The first-order valence-corrected chi connectivity index (χ1v) is 5.86. The Morgan fingerprint density at radius 1 is 1.29 bits per heavy atom. The molecule has 0 aromatic heterocycles. The normalized spacial score (nSPS) is 24.4. The van der Waals surface area contributed by atoms with E-state index in [4.69, 9.17) is 0 Å². The minimum absolute atomic E-state index is 0.104. The highest BCUT2D eigenvalue weighted by Crippen LogP contribution is 2.32. The summed E-state index contributed by atoms with van der Waals surface area (Å²) >= 11 is 0. The van der Waals surface area contributed by atoms with E-state index in [9.17, 15) is 9.00 Å². The summed E-state index contributed by atoms with van der Waals surface area (Å²) in [6.07, 6.45) is 0. The standard InChI is InChI=1S/C11H12O2S/c1-11(2)7-14(13)9-6-4-3-5-8(9)10(11)12/h3-6H,7H2,1-2H3/t14-/m1/s1. The molecule has 0 saturated carbocycles. The van der Waals surface area contributed by atoms with Gasteiger partial charge in [0, 0.05) is 21.6 Å². The van der Waals surface area contributed by atoms with Crippen LogP contribution in [0.2, 0.25) is 0 Å². The molecule has 3 heteroatoms. The fraction of sp³-hybridized carbons (Fsp3) is 0.364. The summed E-state index contributed by atoms with van der Waals surface area (Å²) < 4.78 is 11.8. The second-order valence-electron chi connectivity index (χ2n) is 4.20. The SMILES string of the molecule is CC1(C)C[S@@](=O)c2ccccc2C1=O. The maximum Gasteiger partial charge on any atom is 0.170 e. The number of rotatable bonds is 0. The Labute approximate surface area is 85.8 Å². The van der Waals surface area contributed by atoms with Crippen LogP contribution in [-0.4, -0.2) is 15.7 Å². The minimum atomic E-state index is -1.03. The second kappa shape index (κ2) is 3.02. The van der Waals surface area contributed by atoms with Gasteiger partial charge in [0.2, 0.25) is 0 Å². The van der Waals surface area contributed by atoms with Crippen molar-refractivity contribution in [1.82, 2.24) is 0 Å². The number of fused-ring (bicyclic) bond motifs is 1. The maximum absolute atomic E-state index is 11.9. The van der Waals surface area contributed by atoms with E-state index in [0.29, 0.717) is 16.2 Å². The molecule has 0 bridgehead atoms. The first kappa shape index (κ1) is 9.59. The molecule has 1 aromatic rings. The summed E-state index contributed by atoms with van der Waals surface area (Å²) in [7, 11) is -1.03. The van der Waals surface area contributed by atoms with Gasteiger partial charge in [-0.2, -0.15) is 0 Å². The van der Waals surface area contributed by atoms with E-state index in [1.54, 1.807) is 12.1 Å². The number of benzene rings is 1. The summed E-state index contributed by atoms with van der Waals surface area (Å²) in [6.45, 7) is 3.70. The summed E-state index contributed by atoms with van der Waals surface area (Å²) in [5.74, 6) is 0.538. The third-order valence-corrected chi connectivity index (χ3v) is 4.31. The van der Waals surface area contributed by atoms with Crippen LogP contribution < -0.4 is 0 Å². The highest BCUT2D eigenvalue weighted by molar-refractivity contribution is 7.85. The minimum Gasteiger partial charge on any atom is -0.294 e. The molecule has 1 heterocycles. The van der Waals surface area contributed by atoms with Crippen molar-refractivity contribution in [3.8, 4) is 0 Å². The van der Waals surface area contributed by atoms with Crippen LogP contribution in [0.5, 0.6) is 0 Å². The van der Waals surface area contributed by atoms with Crippen LogP contribution in [-0.2, 0) is 10.8 Å². The lowest BCUT2D eigenvalue weighted by molar-refractivity contribution is 0.0854. The lowest BCUT2D eigenvalue weighted by Gasteiger charge is -2.28. The Bertz CT molecular complexity index is 421. The molecule has 1 aromatic carbocycles. The fourth-order valence-electron chi connectivity index (χ4n) is 1.69. The lowest BCUT2D eigenvalue weighted by atomic mass is 9.86. The van der Waals surface area contributed by atoms with E-state index in [0.717, 1.165) is 0 Å². The van der Waals surface area contributed by atoms with Gasteiger partial charge < -0.3 is 0 Å². The van der Waals surface area contributed by atoms with Crippen LogP contribution in [0.3, 0.4) is 0 Å². The van der Waals surface area contributed by atoms with E-state index >= 15 is 0 Å². The van der Waals surface area contributed by atoms with Crippen LogP contribution >= 0.6 is 0 Å². The van der Waals surface area contributed by atoms with Crippen LogP contribution in [0.25, 0.3) is 0 Å².